The molecule has 19 heavy (non-hydrogen) atoms. The van der Waals surface area contributed by atoms with E-state index in [9.17, 15) is 0 Å². The van der Waals surface area contributed by atoms with Crippen LogP contribution in [0.2, 0.25) is 0 Å². The van der Waals surface area contributed by atoms with E-state index in [0.29, 0.717) is 0 Å². The van der Waals surface area contributed by atoms with Crippen LogP contribution in [0.5, 0.6) is 0 Å². The van der Waals surface area contributed by atoms with Gasteiger partial charge in [-0.25, -0.2) is 0 Å². The molecule has 3 nitrogen and oxygen atoms in total. The van der Waals surface area contributed by atoms with E-state index in [1.54, 1.807) is 0 Å². The first-order chi connectivity index (χ1) is 9.18. The van der Waals surface area contributed by atoms with Gasteiger partial charge in [0.2, 0.25) is 0 Å². The Balaban J connectivity index is 2.06. The van der Waals surface area contributed by atoms with Gasteiger partial charge in [-0.05, 0) is 36.2 Å². The average molecular weight is 255 g/mol. The van der Waals surface area contributed by atoms with E-state index >= 15 is 0 Å². The van der Waals surface area contributed by atoms with E-state index in [1.165, 1.54) is 16.9 Å². The monoisotopic (exact) mass is 255 g/mol. The number of pyridine rings is 1. The van der Waals surface area contributed by atoms with Gasteiger partial charge in [0.15, 0.2) is 0 Å². The topological polar surface area (TPSA) is 19.4 Å². The van der Waals surface area contributed by atoms with Crippen molar-refractivity contribution in [3.63, 3.8) is 0 Å². The number of benzene rings is 1. The lowest BCUT2D eigenvalue weighted by Crippen LogP contribution is -2.23. The fourth-order valence-corrected chi connectivity index (χ4v) is 2.13. The molecule has 0 saturated carbocycles. The number of hydrogen-bond donors (Lipinski definition) is 0. The molecule has 0 aliphatic rings. The molecule has 0 atom stereocenters. The Kier molecular flexibility index (Phi) is 4.39. The molecule has 2 rings (SSSR count). The molecule has 2 aromatic rings. The standard InChI is InChI=1S/C16H21N3/c1-18(2)15-6-4-5-7-16(15)19(3)13-10-14-8-11-17-12-9-14/h4-9,11-12H,10,13H2,1-3H3. The molecule has 0 fully saturated rings. The minimum absolute atomic E-state index is 0.995. The zero-order valence-electron chi connectivity index (χ0n) is 11.9. The van der Waals surface area contributed by atoms with Crippen molar-refractivity contribution in [3.8, 4) is 0 Å². The van der Waals surface area contributed by atoms with Crippen LogP contribution in [0, 0.1) is 0 Å². The van der Waals surface area contributed by atoms with Gasteiger partial charge in [0, 0.05) is 40.1 Å². The summed E-state index contributed by atoms with van der Waals surface area (Å²) in [6.45, 7) is 0.995. The minimum Gasteiger partial charge on any atom is -0.376 e. The van der Waals surface area contributed by atoms with Crippen LogP contribution in [0.3, 0.4) is 0 Å². The Bertz CT molecular complexity index is 508. The third kappa shape index (κ3) is 3.47. The molecule has 0 bridgehead atoms. The molecule has 0 aliphatic carbocycles. The summed E-state index contributed by atoms with van der Waals surface area (Å²) in [6, 6.07) is 12.6. The molecule has 0 radical (unpaired) electrons. The summed E-state index contributed by atoms with van der Waals surface area (Å²) in [5, 5.41) is 0. The first-order valence-electron chi connectivity index (χ1n) is 6.55. The van der Waals surface area contributed by atoms with Gasteiger partial charge in [-0.2, -0.15) is 0 Å². The van der Waals surface area contributed by atoms with Crippen LogP contribution >= 0.6 is 0 Å². The number of nitrogens with zero attached hydrogens (tertiary/aromatic N) is 3. The predicted octanol–water partition coefficient (Wildman–Crippen LogP) is 2.83. The lowest BCUT2D eigenvalue weighted by molar-refractivity contribution is 0.872. The lowest BCUT2D eigenvalue weighted by Gasteiger charge is -2.25. The van der Waals surface area contributed by atoms with Gasteiger partial charge < -0.3 is 9.80 Å². The van der Waals surface area contributed by atoms with Crippen molar-refractivity contribution < 1.29 is 0 Å². The molecule has 1 heterocycles. The molecule has 1 aromatic heterocycles. The van der Waals surface area contributed by atoms with Crippen LogP contribution in [0.25, 0.3) is 0 Å². The fourth-order valence-electron chi connectivity index (χ4n) is 2.13. The number of aromatic nitrogens is 1. The highest BCUT2D eigenvalue weighted by molar-refractivity contribution is 5.70. The summed E-state index contributed by atoms with van der Waals surface area (Å²) in [5.41, 5.74) is 3.84. The molecule has 1 aromatic carbocycles. The van der Waals surface area contributed by atoms with Crippen LogP contribution < -0.4 is 9.80 Å². The van der Waals surface area contributed by atoms with Crippen LogP contribution in [-0.2, 0) is 6.42 Å². The third-order valence-corrected chi connectivity index (χ3v) is 3.26. The van der Waals surface area contributed by atoms with Crippen molar-refractivity contribution in [1.82, 2.24) is 4.98 Å². The summed E-state index contributed by atoms with van der Waals surface area (Å²) >= 11 is 0. The van der Waals surface area contributed by atoms with E-state index < -0.39 is 0 Å². The minimum atomic E-state index is 0.995. The summed E-state index contributed by atoms with van der Waals surface area (Å²) in [4.78, 5) is 8.50. The Morgan fingerprint density at radius 2 is 1.53 bits per heavy atom. The first-order valence-corrected chi connectivity index (χ1v) is 6.55. The van der Waals surface area contributed by atoms with E-state index in [4.69, 9.17) is 0 Å². The van der Waals surface area contributed by atoms with Gasteiger partial charge in [0.1, 0.15) is 0 Å². The SMILES string of the molecule is CN(C)c1ccccc1N(C)CCc1ccncc1. The van der Waals surface area contributed by atoms with Crippen LogP contribution in [0.1, 0.15) is 5.56 Å². The molecular formula is C16H21N3. The van der Waals surface area contributed by atoms with Crippen molar-refractivity contribution in [2.75, 3.05) is 37.5 Å². The molecule has 0 aliphatic heterocycles. The number of likely N-dealkylation sites (N-methyl/N-ethyl adjacent to an activating group) is 1. The molecule has 100 valence electrons. The molecule has 0 amide bonds. The highest BCUT2D eigenvalue weighted by atomic mass is 15.2. The summed E-state index contributed by atoms with van der Waals surface area (Å²) in [7, 11) is 6.30. The lowest BCUT2D eigenvalue weighted by atomic mass is 10.1. The van der Waals surface area contributed by atoms with Gasteiger partial charge in [0.25, 0.3) is 0 Å². The summed E-state index contributed by atoms with van der Waals surface area (Å²) in [6.07, 6.45) is 4.73. The molecule has 0 N–H and O–H groups in total. The van der Waals surface area contributed by atoms with Gasteiger partial charge in [-0.15, -0.1) is 0 Å². The zero-order chi connectivity index (χ0) is 13.7. The maximum atomic E-state index is 4.05. The van der Waals surface area contributed by atoms with Gasteiger partial charge >= 0.3 is 0 Å². The molecule has 0 unspecified atom stereocenters. The van der Waals surface area contributed by atoms with Crippen molar-refractivity contribution >= 4 is 11.4 Å². The van der Waals surface area contributed by atoms with Gasteiger partial charge in [0.05, 0.1) is 11.4 Å². The van der Waals surface area contributed by atoms with Gasteiger partial charge in [-0.3, -0.25) is 4.98 Å². The molecule has 0 spiro atoms. The molecular weight excluding hydrogens is 234 g/mol. The van der Waals surface area contributed by atoms with E-state index in [2.05, 4.69) is 72.3 Å². The number of rotatable bonds is 5. The Morgan fingerprint density at radius 1 is 0.895 bits per heavy atom. The van der Waals surface area contributed by atoms with Crippen molar-refractivity contribution in [3.05, 3.63) is 54.4 Å². The number of para-hydroxylation sites is 2. The van der Waals surface area contributed by atoms with Crippen molar-refractivity contribution in [2.45, 2.75) is 6.42 Å². The zero-order valence-corrected chi connectivity index (χ0v) is 11.9. The maximum Gasteiger partial charge on any atom is 0.0601 e. The summed E-state index contributed by atoms with van der Waals surface area (Å²) < 4.78 is 0. The predicted molar refractivity (Wildman–Crippen MR) is 82.0 cm³/mol. The third-order valence-electron chi connectivity index (χ3n) is 3.26. The highest BCUT2D eigenvalue weighted by Crippen LogP contribution is 2.26. The van der Waals surface area contributed by atoms with Crippen molar-refractivity contribution in [2.24, 2.45) is 0 Å². The largest absolute Gasteiger partial charge is 0.376 e. The maximum absolute atomic E-state index is 4.05. The van der Waals surface area contributed by atoms with E-state index in [-0.39, 0.29) is 0 Å². The van der Waals surface area contributed by atoms with Crippen LogP contribution in [-0.4, -0.2) is 32.7 Å². The van der Waals surface area contributed by atoms with Crippen molar-refractivity contribution in [1.29, 1.82) is 0 Å². The van der Waals surface area contributed by atoms with Gasteiger partial charge in [-0.1, -0.05) is 12.1 Å². The Labute approximate surface area is 115 Å². The average Bonchev–Trinajstić information content (AvgIpc) is 2.46. The number of hydrogen-bond acceptors (Lipinski definition) is 3. The first kappa shape index (κ1) is 13.4. The quantitative estimate of drug-likeness (QED) is 0.819. The number of anilines is 2. The molecule has 3 heteroatoms. The summed E-state index contributed by atoms with van der Waals surface area (Å²) in [5.74, 6) is 0. The Hall–Kier alpha value is -2.03. The smallest absolute Gasteiger partial charge is 0.0601 e. The van der Waals surface area contributed by atoms with Crippen LogP contribution in [0.15, 0.2) is 48.8 Å². The highest BCUT2D eigenvalue weighted by Gasteiger charge is 2.08. The second-order valence-corrected chi connectivity index (χ2v) is 4.91. The normalized spacial score (nSPS) is 10.3. The fraction of sp³-hybridized carbons (Fsp3) is 0.312. The second-order valence-electron chi connectivity index (χ2n) is 4.91. The Morgan fingerprint density at radius 3 is 2.16 bits per heavy atom. The van der Waals surface area contributed by atoms with E-state index in [0.717, 1.165) is 13.0 Å². The molecule has 0 saturated heterocycles. The van der Waals surface area contributed by atoms with Crippen LogP contribution in [0.4, 0.5) is 11.4 Å². The second kappa shape index (κ2) is 6.23. The van der Waals surface area contributed by atoms with E-state index in [1.807, 2.05) is 12.4 Å².